The number of piperidine rings is 1. The van der Waals surface area contributed by atoms with Crippen LogP contribution in [0.25, 0.3) is 0 Å². The van der Waals surface area contributed by atoms with E-state index in [0.29, 0.717) is 5.88 Å². The highest BCUT2D eigenvalue weighted by Gasteiger charge is 2.08. The van der Waals surface area contributed by atoms with Crippen LogP contribution in [0.5, 0.6) is 5.88 Å². The second kappa shape index (κ2) is 8.12. The molecule has 4 heteroatoms. The SMILES string of the molecule is COc1ccc(CNCCCN2CCCCC2)cn1. The molecule has 106 valence electrons. The van der Waals surface area contributed by atoms with Gasteiger partial charge >= 0.3 is 0 Å². The summed E-state index contributed by atoms with van der Waals surface area (Å²) in [6.07, 6.45) is 7.27. The molecule has 0 spiro atoms. The average molecular weight is 263 g/mol. The Balaban J connectivity index is 1.55. The second-order valence-electron chi connectivity index (χ2n) is 5.14. The molecule has 1 fully saturated rings. The van der Waals surface area contributed by atoms with E-state index in [-0.39, 0.29) is 0 Å². The van der Waals surface area contributed by atoms with Crippen molar-refractivity contribution in [3.63, 3.8) is 0 Å². The van der Waals surface area contributed by atoms with Crippen molar-refractivity contribution < 1.29 is 4.74 Å². The van der Waals surface area contributed by atoms with Crippen molar-refractivity contribution in [3.05, 3.63) is 23.9 Å². The van der Waals surface area contributed by atoms with E-state index in [1.54, 1.807) is 7.11 Å². The highest BCUT2D eigenvalue weighted by atomic mass is 16.5. The van der Waals surface area contributed by atoms with Crippen molar-refractivity contribution in [3.8, 4) is 5.88 Å². The lowest BCUT2D eigenvalue weighted by Gasteiger charge is -2.26. The van der Waals surface area contributed by atoms with Gasteiger partial charge in [-0.2, -0.15) is 0 Å². The number of hydrogen-bond donors (Lipinski definition) is 1. The van der Waals surface area contributed by atoms with Gasteiger partial charge in [0.1, 0.15) is 0 Å². The molecule has 0 amide bonds. The maximum Gasteiger partial charge on any atom is 0.212 e. The number of pyridine rings is 1. The molecule has 1 saturated heterocycles. The van der Waals surface area contributed by atoms with E-state index >= 15 is 0 Å². The summed E-state index contributed by atoms with van der Waals surface area (Å²) in [6, 6.07) is 3.97. The first-order valence-electron chi connectivity index (χ1n) is 7.30. The molecular formula is C15H25N3O. The second-order valence-corrected chi connectivity index (χ2v) is 5.14. The zero-order chi connectivity index (χ0) is 13.3. The molecule has 0 unspecified atom stereocenters. The van der Waals surface area contributed by atoms with E-state index in [1.807, 2.05) is 12.3 Å². The van der Waals surface area contributed by atoms with E-state index < -0.39 is 0 Å². The number of ether oxygens (including phenoxy) is 1. The molecule has 1 aromatic heterocycles. The fraction of sp³-hybridized carbons (Fsp3) is 0.667. The van der Waals surface area contributed by atoms with Crippen LogP contribution in [0.15, 0.2) is 18.3 Å². The minimum atomic E-state index is 0.675. The van der Waals surface area contributed by atoms with E-state index in [0.717, 1.165) is 13.1 Å². The van der Waals surface area contributed by atoms with Gasteiger partial charge in [0.05, 0.1) is 7.11 Å². The highest BCUT2D eigenvalue weighted by molar-refractivity contribution is 5.17. The van der Waals surface area contributed by atoms with Crippen molar-refractivity contribution in [2.45, 2.75) is 32.2 Å². The molecule has 0 radical (unpaired) electrons. The molecule has 4 nitrogen and oxygen atoms in total. The Labute approximate surface area is 116 Å². The quantitative estimate of drug-likeness (QED) is 0.764. The van der Waals surface area contributed by atoms with E-state index in [9.17, 15) is 0 Å². The first kappa shape index (κ1) is 14.3. The summed E-state index contributed by atoms with van der Waals surface area (Å²) in [6.45, 7) is 5.78. The number of hydrogen-bond acceptors (Lipinski definition) is 4. The molecule has 0 aliphatic carbocycles. The molecule has 1 aliphatic heterocycles. The lowest BCUT2D eigenvalue weighted by molar-refractivity contribution is 0.225. The lowest BCUT2D eigenvalue weighted by Crippen LogP contribution is -2.32. The summed E-state index contributed by atoms with van der Waals surface area (Å²) >= 11 is 0. The van der Waals surface area contributed by atoms with E-state index in [4.69, 9.17) is 4.74 Å². The number of nitrogens with one attached hydrogen (secondary N) is 1. The molecule has 1 aromatic rings. The van der Waals surface area contributed by atoms with Gasteiger partial charge in [0, 0.05) is 18.8 Å². The van der Waals surface area contributed by atoms with Crippen LogP contribution in [0.3, 0.4) is 0 Å². The highest BCUT2D eigenvalue weighted by Crippen LogP contribution is 2.08. The van der Waals surface area contributed by atoms with Crippen LogP contribution in [0.1, 0.15) is 31.2 Å². The summed E-state index contributed by atoms with van der Waals surface area (Å²) in [5.41, 5.74) is 1.21. The lowest BCUT2D eigenvalue weighted by atomic mass is 10.1. The largest absolute Gasteiger partial charge is 0.481 e. The Morgan fingerprint density at radius 1 is 1.26 bits per heavy atom. The first-order chi connectivity index (χ1) is 9.38. The average Bonchev–Trinajstić information content (AvgIpc) is 2.49. The zero-order valence-corrected chi connectivity index (χ0v) is 11.9. The predicted octanol–water partition coefficient (Wildman–Crippen LogP) is 2.06. The van der Waals surface area contributed by atoms with Gasteiger partial charge in [0.15, 0.2) is 0 Å². The van der Waals surface area contributed by atoms with Gasteiger partial charge < -0.3 is 15.0 Å². The molecule has 1 N–H and O–H groups in total. The number of likely N-dealkylation sites (tertiary alicyclic amines) is 1. The molecule has 0 atom stereocenters. The molecule has 0 saturated carbocycles. The van der Waals surface area contributed by atoms with Gasteiger partial charge in [-0.25, -0.2) is 4.98 Å². The fourth-order valence-electron chi connectivity index (χ4n) is 2.48. The van der Waals surface area contributed by atoms with Crippen molar-refractivity contribution in [1.82, 2.24) is 15.2 Å². The first-order valence-corrected chi connectivity index (χ1v) is 7.30. The van der Waals surface area contributed by atoms with Crippen LogP contribution in [-0.4, -0.2) is 43.2 Å². The summed E-state index contributed by atoms with van der Waals surface area (Å²) < 4.78 is 5.04. The Kier molecular flexibility index (Phi) is 6.11. The van der Waals surface area contributed by atoms with Crippen LogP contribution < -0.4 is 10.1 Å². The smallest absolute Gasteiger partial charge is 0.212 e. The van der Waals surface area contributed by atoms with Crippen molar-refractivity contribution >= 4 is 0 Å². The molecule has 19 heavy (non-hydrogen) atoms. The predicted molar refractivity (Wildman–Crippen MR) is 77.4 cm³/mol. The zero-order valence-electron chi connectivity index (χ0n) is 11.9. The van der Waals surface area contributed by atoms with Crippen LogP contribution in [0, 0.1) is 0 Å². The molecule has 2 heterocycles. The van der Waals surface area contributed by atoms with Crippen LogP contribution in [0.2, 0.25) is 0 Å². The maximum absolute atomic E-state index is 5.04. The van der Waals surface area contributed by atoms with E-state index in [1.165, 1.54) is 50.9 Å². The van der Waals surface area contributed by atoms with Gasteiger partial charge in [0.25, 0.3) is 0 Å². The third-order valence-electron chi connectivity index (χ3n) is 3.61. The fourth-order valence-corrected chi connectivity index (χ4v) is 2.48. The summed E-state index contributed by atoms with van der Waals surface area (Å²) in [7, 11) is 1.64. The normalized spacial score (nSPS) is 16.5. The topological polar surface area (TPSA) is 37.4 Å². The van der Waals surface area contributed by atoms with Gasteiger partial charge in [-0.05, 0) is 51.0 Å². The van der Waals surface area contributed by atoms with Crippen molar-refractivity contribution in [2.24, 2.45) is 0 Å². The van der Waals surface area contributed by atoms with Crippen LogP contribution >= 0.6 is 0 Å². The molecular weight excluding hydrogens is 238 g/mol. The summed E-state index contributed by atoms with van der Waals surface area (Å²) in [4.78, 5) is 6.78. The Bertz CT molecular complexity index is 347. The number of methoxy groups -OCH3 is 1. The number of aromatic nitrogens is 1. The molecule has 0 aromatic carbocycles. The molecule has 0 bridgehead atoms. The number of rotatable bonds is 7. The van der Waals surface area contributed by atoms with Gasteiger partial charge in [-0.15, -0.1) is 0 Å². The van der Waals surface area contributed by atoms with Crippen LogP contribution in [0.4, 0.5) is 0 Å². The van der Waals surface area contributed by atoms with Crippen LogP contribution in [-0.2, 0) is 6.54 Å². The molecule has 1 aliphatic rings. The minimum Gasteiger partial charge on any atom is -0.481 e. The maximum atomic E-state index is 5.04. The Hall–Kier alpha value is -1.13. The van der Waals surface area contributed by atoms with Crippen molar-refractivity contribution in [1.29, 1.82) is 0 Å². The van der Waals surface area contributed by atoms with Gasteiger partial charge in [0.2, 0.25) is 5.88 Å². The van der Waals surface area contributed by atoms with Crippen molar-refractivity contribution in [2.75, 3.05) is 33.3 Å². The standard InChI is InChI=1S/C15H25N3O/c1-19-15-7-6-14(13-17-15)12-16-8-5-11-18-9-3-2-4-10-18/h6-7,13,16H,2-5,8-12H2,1H3. The Morgan fingerprint density at radius 3 is 2.79 bits per heavy atom. The summed E-state index contributed by atoms with van der Waals surface area (Å²) in [5.74, 6) is 0.675. The Morgan fingerprint density at radius 2 is 2.11 bits per heavy atom. The third-order valence-corrected chi connectivity index (χ3v) is 3.61. The van der Waals surface area contributed by atoms with E-state index in [2.05, 4.69) is 21.3 Å². The summed E-state index contributed by atoms with van der Waals surface area (Å²) in [5, 5.41) is 3.47. The third kappa shape index (κ3) is 5.17. The van der Waals surface area contributed by atoms with Gasteiger partial charge in [-0.1, -0.05) is 12.5 Å². The minimum absolute atomic E-state index is 0.675. The number of nitrogens with zero attached hydrogens (tertiary/aromatic N) is 2. The molecule has 2 rings (SSSR count). The van der Waals surface area contributed by atoms with Gasteiger partial charge in [-0.3, -0.25) is 0 Å². The monoisotopic (exact) mass is 263 g/mol.